The van der Waals surface area contributed by atoms with Crippen LogP contribution in [0.5, 0.6) is 0 Å². The average molecular weight is 425 g/mol. The molecular formula is C18H25BrN4O3. The molecule has 4 rings (SSSR count). The topological polar surface area (TPSA) is 88.8 Å². The first-order valence-electron chi connectivity index (χ1n) is 9.01. The van der Waals surface area contributed by atoms with Crippen LogP contribution in [0, 0.1) is 5.41 Å². The number of hydrogen-bond acceptors (Lipinski definition) is 6. The molecule has 0 bridgehead atoms. The Labute approximate surface area is 163 Å². The molecule has 26 heavy (non-hydrogen) atoms. The molecule has 1 unspecified atom stereocenters. The van der Waals surface area contributed by atoms with Gasteiger partial charge in [0.05, 0.1) is 11.0 Å². The first-order chi connectivity index (χ1) is 12.1. The predicted octanol–water partition coefficient (Wildman–Crippen LogP) is 1.37. The Hall–Kier alpha value is -1.67. The number of primary amides is 1. The maximum atomic E-state index is 11.9. The number of ether oxygens (including phenoxy) is 1. The molecular weight excluding hydrogens is 400 g/mol. The number of esters is 1. The zero-order chi connectivity index (χ0) is 17.4. The van der Waals surface area contributed by atoms with Gasteiger partial charge >= 0.3 is 5.97 Å². The van der Waals surface area contributed by atoms with Gasteiger partial charge in [0.15, 0.2) is 0 Å². The molecule has 2 N–H and O–H groups in total. The fourth-order valence-corrected chi connectivity index (χ4v) is 3.99. The number of nitrogens with zero attached hydrogens (tertiary/aromatic N) is 3. The van der Waals surface area contributed by atoms with Crippen LogP contribution in [0.1, 0.15) is 36.0 Å². The van der Waals surface area contributed by atoms with Crippen molar-refractivity contribution in [1.29, 1.82) is 0 Å². The van der Waals surface area contributed by atoms with Crippen molar-refractivity contribution in [3.05, 3.63) is 23.9 Å². The van der Waals surface area contributed by atoms with E-state index in [-0.39, 0.29) is 34.5 Å². The van der Waals surface area contributed by atoms with Gasteiger partial charge in [-0.25, -0.2) is 4.98 Å². The molecule has 8 heteroatoms. The maximum absolute atomic E-state index is 11.9. The van der Waals surface area contributed by atoms with E-state index in [1.54, 1.807) is 18.3 Å². The van der Waals surface area contributed by atoms with Gasteiger partial charge in [0, 0.05) is 45.3 Å². The van der Waals surface area contributed by atoms with Crippen LogP contribution in [0.25, 0.3) is 0 Å². The van der Waals surface area contributed by atoms with E-state index < -0.39 is 5.91 Å². The highest BCUT2D eigenvalue weighted by atomic mass is 79.9. The molecule has 3 heterocycles. The van der Waals surface area contributed by atoms with Crippen LogP contribution in [-0.2, 0) is 9.53 Å². The second-order valence-corrected chi connectivity index (χ2v) is 7.39. The summed E-state index contributed by atoms with van der Waals surface area (Å²) in [6.07, 6.45) is 5.55. The lowest BCUT2D eigenvalue weighted by Gasteiger charge is -2.25. The van der Waals surface area contributed by atoms with Crippen molar-refractivity contribution in [2.45, 2.75) is 31.8 Å². The Kier molecular flexibility index (Phi) is 5.53. The minimum atomic E-state index is -0.447. The number of nitrogens with two attached hydrogens (primary N) is 1. The van der Waals surface area contributed by atoms with Gasteiger partial charge in [0.2, 0.25) is 0 Å². The number of aromatic nitrogens is 1. The molecule has 7 nitrogen and oxygen atoms in total. The van der Waals surface area contributed by atoms with Crippen molar-refractivity contribution in [1.82, 2.24) is 9.88 Å². The van der Waals surface area contributed by atoms with E-state index in [0.29, 0.717) is 11.4 Å². The van der Waals surface area contributed by atoms with Crippen molar-refractivity contribution in [2.75, 3.05) is 37.6 Å². The second-order valence-electron chi connectivity index (χ2n) is 7.39. The molecule has 1 aromatic heterocycles. The highest BCUT2D eigenvalue weighted by Crippen LogP contribution is 2.54. The van der Waals surface area contributed by atoms with Crippen molar-refractivity contribution < 1.29 is 14.3 Å². The number of halogens is 1. The molecule has 3 fully saturated rings. The molecule has 3 aliphatic rings. The van der Waals surface area contributed by atoms with Crippen LogP contribution in [0.15, 0.2) is 18.3 Å². The van der Waals surface area contributed by atoms with E-state index >= 15 is 0 Å². The summed E-state index contributed by atoms with van der Waals surface area (Å²) in [6.45, 7) is 4.23. The zero-order valence-corrected chi connectivity index (χ0v) is 16.4. The summed E-state index contributed by atoms with van der Waals surface area (Å²) >= 11 is 0. The summed E-state index contributed by atoms with van der Waals surface area (Å²) in [6, 6.07) is 3.45. The van der Waals surface area contributed by atoms with Gasteiger partial charge in [-0.15, -0.1) is 17.0 Å². The Morgan fingerprint density at radius 3 is 2.81 bits per heavy atom. The minimum absolute atomic E-state index is 0. The van der Waals surface area contributed by atoms with Gasteiger partial charge in [-0.3, -0.25) is 14.5 Å². The lowest BCUT2D eigenvalue weighted by Crippen LogP contribution is -2.36. The van der Waals surface area contributed by atoms with Crippen LogP contribution < -0.4 is 10.6 Å². The molecule has 0 aromatic carbocycles. The molecule has 2 aliphatic heterocycles. The van der Waals surface area contributed by atoms with Crippen LogP contribution >= 0.6 is 17.0 Å². The van der Waals surface area contributed by atoms with Crippen molar-refractivity contribution in [3.63, 3.8) is 0 Å². The number of cyclic esters (lactones) is 1. The first-order valence-corrected chi connectivity index (χ1v) is 9.01. The third-order valence-corrected chi connectivity index (χ3v) is 5.58. The molecule has 1 aromatic rings. The monoisotopic (exact) mass is 424 g/mol. The van der Waals surface area contributed by atoms with Crippen LogP contribution in [0.3, 0.4) is 0 Å². The predicted molar refractivity (Wildman–Crippen MR) is 103 cm³/mol. The smallest absolute Gasteiger partial charge is 0.312 e. The Morgan fingerprint density at radius 1 is 1.31 bits per heavy atom. The van der Waals surface area contributed by atoms with E-state index in [1.165, 1.54) is 0 Å². The maximum Gasteiger partial charge on any atom is 0.312 e. The fraction of sp³-hybridized carbons (Fsp3) is 0.611. The third kappa shape index (κ3) is 3.71. The van der Waals surface area contributed by atoms with Gasteiger partial charge in [-0.05, 0) is 31.4 Å². The quantitative estimate of drug-likeness (QED) is 0.734. The summed E-state index contributed by atoms with van der Waals surface area (Å²) in [5, 5.41) is 0. The summed E-state index contributed by atoms with van der Waals surface area (Å²) in [5.41, 5.74) is 5.81. The number of hydrogen-bond donors (Lipinski definition) is 1. The Balaban J connectivity index is 0.00000196. The van der Waals surface area contributed by atoms with Crippen molar-refractivity contribution in [2.24, 2.45) is 11.1 Å². The molecule has 1 aliphatic carbocycles. The number of anilines is 1. The van der Waals surface area contributed by atoms with Gasteiger partial charge in [-0.1, -0.05) is 0 Å². The SMILES string of the molecule is Br.NC(=O)c1cccnc1N1CCCN(CC2CC3(CC3)C(=O)O2)CC1. The highest BCUT2D eigenvalue weighted by molar-refractivity contribution is 8.93. The van der Waals surface area contributed by atoms with Gasteiger partial charge in [0.25, 0.3) is 5.91 Å². The lowest BCUT2D eigenvalue weighted by atomic mass is 10.0. The van der Waals surface area contributed by atoms with E-state index in [9.17, 15) is 9.59 Å². The van der Waals surface area contributed by atoms with Crippen molar-refractivity contribution in [3.8, 4) is 0 Å². The lowest BCUT2D eigenvalue weighted by molar-refractivity contribution is -0.145. The van der Waals surface area contributed by atoms with Crippen LogP contribution in [0.4, 0.5) is 5.82 Å². The summed E-state index contributed by atoms with van der Waals surface area (Å²) in [4.78, 5) is 32.4. The summed E-state index contributed by atoms with van der Waals surface area (Å²) in [7, 11) is 0. The summed E-state index contributed by atoms with van der Waals surface area (Å²) in [5.74, 6) is 0.228. The number of amides is 1. The molecule has 1 spiro atoms. The molecule has 2 saturated heterocycles. The number of pyridine rings is 1. The number of carbonyl (C=O) groups is 2. The Morgan fingerprint density at radius 2 is 2.12 bits per heavy atom. The van der Waals surface area contributed by atoms with Gasteiger partial charge in [-0.2, -0.15) is 0 Å². The van der Waals surface area contributed by atoms with Crippen LogP contribution in [0.2, 0.25) is 0 Å². The highest BCUT2D eigenvalue weighted by Gasteiger charge is 2.57. The number of carbonyl (C=O) groups excluding carboxylic acids is 2. The molecule has 0 radical (unpaired) electrons. The average Bonchev–Trinajstić information content (AvgIpc) is 3.34. The molecule has 142 valence electrons. The molecule has 1 saturated carbocycles. The zero-order valence-electron chi connectivity index (χ0n) is 14.7. The van der Waals surface area contributed by atoms with E-state index in [4.69, 9.17) is 10.5 Å². The third-order valence-electron chi connectivity index (χ3n) is 5.58. The van der Waals surface area contributed by atoms with Crippen LogP contribution in [-0.4, -0.2) is 60.6 Å². The fourth-order valence-electron chi connectivity index (χ4n) is 3.99. The molecule has 1 amide bonds. The number of rotatable bonds is 4. The summed E-state index contributed by atoms with van der Waals surface area (Å²) < 4.78 is 5.58. The Bertz CT molecular complexity index is 695. The van der Waals surface area contributed by atoms with Gasteiger partial charge in [0.1, 0.15) is 11.9 Å². The first kappa shape index (κ1) is 19.1. The normalized spacial score (nSPS) is 24.7. The van der Waals surface area contributed by atoms with Gasteiger partial charge < -0.3 is 15.4 Å². The van der Waals surface area contributed by atoms with E-state index in [1.807, 2.05) is 0 Å². The standard InChI is InChI=1S/C18H24N4O3.BrH/c19-15(23)14-3-1-6-20-16(14)22-8-2-7-21(9-10-22)12-13-11-18(4-5-18)17(24)25-13;/h1,3,6,13H,2,4-5,7-12H2,(H2,19,23);1H. The minimum Gasteiger partial charge on any atom is -0.461 e. The molecule has 1 atom stereocenters. The second kappa shape index (κ2) is 7.52. The van der Waals surface area contributed by atoms with E-state index in [0.717, 1.165) is 58.4 Å². The largest absolute Gasteiger partial charge is 0.461 e. The van der Waals surface area contributed by atoms with E-state index in [2.05, 4.69) is 14.8 Å². The van der Waals surface area contributed by atoms with Crippen molar-refractivity contribution >= 4 is 34.7 Å².